The molecule has 0 aliphatic carbocycles. The van der Waals surface area contributed by atoms with E-state index in [1.54, 1.807) is 6.20 Å². The first-order valence-electron chi connectivity index (χ1n) is 8.83. The molecule has 2 aromatic heterocycles. The van der Waals surface area contributed by atoms with Gasteiger partial charge in [0.2, 0.25) is 5.91 Å². The number of amides is 1. The Morgan fingerprint density at radius 3 is 2.64 bits per heavy atom. The SMILES string of the molecule is Cc1cc([C@H](C)C(=O)N2CCC(N(C)c3cccnn3)CC2)c(C)o1. The van der Waals surface area contributed by atoms with Crippen molar-refractivity contribution in [2.24, 2.45) is 0 Å². The van der Waals surface area contributed by atoms with Crippen molar-refractivity contribution in [2.75, 3.05) is 25.0 Å². The molecule has 0 aromatic carbocycles. The van der Waals surface area contributed by atoms with Crippen LogP contribution in [0.3, 0.4) is 0 Å². The Balaban J connectivity index is 1.60. The summed E-state index contributed by atoms with van der Waals surface area (Å²) < 4.78 is 5.58. The van der Waals surface area contributed by atoms with Crippen molar-refractivity contribution in [3.8, 4) is 0 Å². The second-order valence-electron chi connectivity index (χ2n) is 6.84. The second-order valence-corrected chi connectivity index (χ2v) is 6.84. The fraction of sp³-hybridized carbons (Fsp3) is 0.526. The average Bonchev–Trinajstić information content (AvgIpc) is 2.99. The number of furan rings is 1. The molecule has 0 unspecified atom stereocenters. The summed E-state index contributed by atoms with van der Waals surface area (Å²) >= 11 is 0. The van der Waals surface area contributed by atoms with Crippen molar-refractivity contribution in [1.29, 1.82) is 0 Å². The Hall–Kier alpha value is -2.37. The lowest BCUT2D eigenvalue weighted by Crippen LogP contribution is -2.47. The molecule has 6 nitrogen and oxygen atoms in total. The maximum Gasteiger partial charge on any atom is 0.229 e. The highest BCUT2D eigenvalue weighted by atomic mass is 16.3. The zero-order chi connectivity index (χ0) is 18.0. The Morgan fingerprint density at radius 1 is 1.36 bits per heavy atom. The van der Waals surface area contributed by atoms with Crippen LogP contribution in [0.25, 0.3) is 0 Å². The normalized spacial score (nSPS) is 16.7. The van der Waals surface area contributed by atoms with Crippen LogP contribution in [0.15, 0.2) is 28.8 Å². The third kappa shape index (κ3) is 3.67. The van der Waals surface area contributed by atoms with E-state index in [0.29, 0.717) is 6.04 Å². The first-order chi connectivity index (χ1) is 12.0. The van der Waals surface area contributed by atoms with E-state index in [2.05, 4.69) is 15.1 Å². The number of likely N-dealkylation sites (tertiary alicyclic amines) is 1. The lowest BCUT2D eigenvalue weighted by Gasteiger charge is -2.38. The molecule has 3 heterocycles. The highest BCUT2D eigenvalue weighted by molar-refractivity contribution is 5.83. The smallest absolute Gasteiger partial charge is 0.229 e. The van der Waals surface area contributed by atoms with Gasteiger partial charge in [-0.2, -0.15) is 5.10 Å². The van der Waals surface area contributed by atoms with Crippen LogP contribution in [-0.2, 0) is 4.79 Å². The number of aromatic nitrogens is 2. The highest BCUT2D eigenvalue weighted by Crippen LogP contribution is 2.27. The molecule has 0 radical (unpaired) electrons. The standard InChI is InChI=1S/C19H26N4O2/c1-13-12-17(15(3)25-13)14(2)19(24)23-10-7-16(8-11-23)22(4)18-6-5-9-20-21-18/h5-6,9,12,14,16H,7-8,10-11H2,1-4H3/t14-/m0/s1. The van der Waals surface area contributed by atoms with Gasteiger partial charge in [-0.3, -0.25) is 4.79 Å². The molecule has 0 saturated carbocycles. The van der Waals surface area contributed by atoms with Gasteiger partial charge in [0.1, 0.15) is 11.5 Å². The summed E-state index contributed by atoms with van der Waals surface area (Å²) in [4.78, 5) is 17.0. The van der Waals surface area contributed by atoms with E-state index in [1.807, 2.05) is 50.9 Å². The van der Waals surface area contributed by atoms with Crippen LogP contribution in [0, 0.1) is 13.8 Å². The van der Waals surface area contributed by atoms with Crippen LogP contribution < -0.4 is 4.90 Å². The van der Waals surface area contributed by atoms with Crippen LogP contribution in [0.4, 0.5) is 5.82 Å². The summed E-state index contributed by atoms with van der Waals surface area (Å²) in [6.07, 6.45) is 3.56. The maximum absolute atomic E-state index is 12.9. The molecule has 1 saturated heterocycles. The number of nitrogens with zero attached hydrogens (tertiary/aromatic N) is 4. The van der Waals surface area contributed by atoms with Gasteiger partial charge in [0.15, 0.2) is 5.82 Å². The minimum absolute atomic E-state index is 0.160. The third-order valence-electron chi connectivity index (χ3n) is 5.16. The van der Waals surface area contributed by atoms with Gasteiger partial charge in [0.05, 0.1) is 5.92 Å². The molecule has 1 atom stereocenters. The average molecular weight is 342 g/mol. The molecule has 3 rings (SSSR count). The van der Waals surface area contributed by atoms with Gasteiger partial charge in [-0.05, 0) is 51.8 Å². The molecule has 1 aliphatic rings. The van der Waals surface area contributed by atoms with Crippen LogP contribution in [0.1, 0.15) is 42.8 Å². The number of carbonyl (C=O) groups excluding carboxylic acids is 1. The van der Waals surface area contributed by atoms with E-state index in [0.717, 1.165) is 48.8 Å². The number of anilines is 1. The van der Waals surface area contributed by atoms with E-state index in [1.165, 1.54) is 0 Å². The Morgan fingerprint density at radius 2 is 2.08 bits per heavy atom. The number of piperidine rings is 1. The zero-order valence-corrected chi connectivity index (χ0v) is 15.4. The molecule has 25 heavy (non-hydrogen) atoms. The molecule has 1 fully saturated rings. The molecular weight excluding hydrogens is 316 g/mol. The van der Waals surface area contributed by atoms with Gasteiger partial charge >= 0.3 is 0 Å². The summed E-state index contributed by atoms with van der Waals surface area (Å²) in [6.45, 7) is 7.36. The van der Waals surface area contributed by atoms with Crippen molar-refractivity contribution < 1.29 is 9.21 Å². The maximum atomic E-state index is 12.9. The monoisotopic (exact) mass is 342 g/mol. The molecular formula is C19H26N4O2. The largest absolute Gasteiger partial charge is 0.466 e. The Bertz CT molecular complexity index is 720. The lowest BCUT2D eigenvalue weighted by molar-refractivity contribution is -0.133. The predicted molar refractivity (Wildman–Crippen MR) is 96.6 cm³/mol. The molecule has 0 N–H and O–H groups in total. The van der Waals surface area contributed by atoms with Crippen LogP contribution >= 0.6 is 0 Å². The molecule has 1 amide bonds. The van der Waals surface area contributed by atoms with Gasteiger partial charge in [0.25, 0.3) is 0 Å². The number of rotatable bonds is 4. The summed E-state index contributed by atoms with van der Waals surface area (Å²) in [5.74, 6) is 2.61. The highest BCUT2D eigenvalue weighted by Gasteiger charge is 2.30. The second kappa shape index (κ2) is 7.25. The minimum atomic E-state index is -0.160. The van der Waals surface area contributed by atoms with Crippen LogP contribution in [0.2, 0.25) is 0 Å². The van der Waals surface area contributed by atoms with Gasteiger partial charge < -0.3 is 14.2 Å². The van der Waals surface area contributed by atoms with Crippen molar-refractivity contribution in [1.82, 2.24) is 15.1 Å². The van der Waals surface area contributed by atoms with E-state index >= 15 is 0 Å². The van der Waals surface area contributed by atoms with Crippen LogP contribution in [0.5, 0.6) is 0 Å². The van der Waals surface area contributed by atoms with Gasteiger partial charge in [-0.1, -0.05) is 0 Å². The molecule has 6 heteroatoms. The summed E-state index contributed by atoms with van der Waals surface area (Å²) in [5.41, 5.74) is 1.00. The first kappa shape index (κ1) is 17.5. The molecule has 134 valence electrons. The Kier molecular flexibility index (Phi) is 5.06. The number of aryl methyl sites for hydroxylation is 2. The van der Waals surface area contributed by atoms with Gasteiger partial charge in [-0.15, -0.1) is 5.10 Å². The predicted octanol–water partition coefficient (Wildman–Crippen LogP) is 2.92. The number of hydrogen-bond donors (Lipinski definition) is 0. The van der Waals surface area contributed by atoms with Crippen LogP contribution in [-0.4, -0.2) is 47.2 Å². The topological polar surface area (TPSA) is 62.5 Å². The molecule has 1 aliphatic heterocycles. The van der Waals surface area contributed by atoms with Gasteiger partial charge in [-0.25, -0.2) is 0 Å². The van der Waals surface area contributed by atoms with Crippen molar-refractivity contribution in [2.45, 2.75) is 45.6 Å². The first-order valence-corrected chi connectivity index (χ1v) is 8.83. The lowest BCUT2D eigenvalue weighted by atomic mass is 9.97. The number of hydrogen-bond acceptors (Lipinski definition) is 5. The quantitative estimate of drug-likeness (QED) is 0.855. The van der Waals surface area contributed by atoms with E-state index in [9.17, 15) is 4.79 Å². The third-order valence-corrected chi connectivity index (χ3v) is 5.16. The van der Waals surface area contributed by atoms with E-state index in [-0.39, 0.29) is 11.8 Å². The van der Waals surface area contributed by atoms with Gasteiger partial charge in [0, 0.05) is 37.9 Å². The van der Waals surface area contributed by atoms with Crippen molar-refractivity contribution in [3.05, 3.63) is 41.5 Å². The van der Waals surface area contributed by atoms with E-state index < -0.39 is 0 Å². The fourth-order valence-corrected chi connectivity index (χ4v) is 3.63. The minimum Gasteiger partial charge on any atom is -0.466 e. The van der Waals surface area contributed by atoms with Crippen molar-refractivity contribution >= 4 is 11.7 Å². The number of carbonyl (C=O) groups is 1. The summed E-state index contributed by atoms with van der Waals surface area (Å²) in [6, 6.07) is 6.23. The molecule has 0 bridgehead atoms. The van der Waals surface area contributed by atoms with Crippen molar-refractivity contribution in [3.63, 3.8) is 0 Å². The van der Waals surface area contributed by atoms with E-state index in [4.69, 9.17) is 4.42 Å². The summed E-state index contributed by atoms with van der Waals surface area (Å²) in [5, 5.41) is 8.12. The molecule has 2 aromatic rings. The zero-order valence-electron chi connectivity index (χ0n) is 15.4. The fourth-order valence-electron chi connectivity index (χ4n) is 3.63. The molecule has 0 spiro atoms. The Labute approximate surface area is 148 Å². The summed E-state index contributed by atoms with van der Waals surface area (Å²) in [7, 11) is 2.05.